The van der Waals surface area contributed by atoms with Crippen LogP contribution in [0.3, 0.4) is 0 Å². The number of fused-ring (bicyclic) bond motifs is 3. The van der Waals surface area contributed by atoms with E-state index in [1.165, 1.54) is 0 Å². The smallest absolute Gasteiger partial charge is 0.161 e. The molecule has 2 heterocycles. The number of anilines is 2. The molecule has 0 radical (unpaired) electrons. The van der Waals surface area contributed by atoms with Gasteiger partial charge in [-0.3, -0.25) is 10.1 Å². The van der Waals surface area contributed by atoms with Gasteiger partial charge in [-0.25, -0.2) is 0 Å². The predicted molar refractivity (Wildman–Crippen MR) is 103 cm³/mol. The van der Waals surface area contributed by atoms with Gasteiger partial charge in [-0.15, -0.1) is 0 Å². The maximum absolute atomic E-state index is 8.99. The minimum absolute atomic E-state index is 0.0990. The zero-order chi connectivity index (χ0) is 18.6. The zero-order valence-electron chi connectivity index (χ0n) is 15.2. The monoisotopic (exact) mass is 366 g/mol. The van der Waals surface area contributed by atoms with Crippen molar-refractivity contribution in [2.45, 2.75) is 19.8 Å². The first-order chi connectivity index (χ1) is 13.3. The van der Waals surface area contributed by atoms with Crippen LogP contribution in [0.5, 0.6) is 11.5 Å². The van der Waals surface area contributed by atoms with E-state index >= 15 is 0 Å². The number of aromatic amines is 1. The number of H-pyrrole nitrogens is 1. The summed E-state index contributed by atoms with van der Waals surface area (Å²) in [5, 5.41) is 19.9. The third kappa shape index (κ3) is 3.46. The summed E-state index contributed by atoms with van der Waals surface area (Å²) in [6.07, 6.45) is 4.86. The van der Waals surface area contributed by atoms with Crippen LogP contribution in [-0.2, 0) is 6.42 Å². The molecule has 3 N–H and O–H groups in total. The number of nitrogens with zero attached hydrogens (tertiary/aromatic N) is 2. The lowest BCUT2D eigenvalue weighted by Crippen LogP contribution is -2.03. The van der Waals surface area contributed by atoms with Crippen molar-refractivity contribution in [3.05, 3.63) is 47.8 Å². The molecule has 0 fully saturated rings. The lowest BCUT2D eigenvalue weighted by Gasteiger charge is -2.14. The van der Waals surface area contributed by atoms with Gasteiger partial charge in [-0.05, 0) is 36.8 Å². The van der Waals surface area contributed by atoms with E-state index in [-0.39, 0.29) is 6.61 Å². The summed E-state index contributed by atoms with van der Waals surface area (Å²) in [5.74, 6) is 2.28. The highest BCUT2D eigenvalue weighted by Gasteiger charge is 2.27. The van der Waals surface area contributed by atoms with Crippen molar-refractivity contribution in [2.75, 3.05) is 25.1 Å². The molecule has 0 atom stereocenters. The summed E-state index contributed by atoms with van der Waals surface area (Å²) in [6.45, 7) is 3.05. The summed E-state index contributed by atoms with van der Waals surface area (Å²) in [5.41, 5.74) is 5.15. The number of aliphatic hydroxyl groups is 1. The van der Waals surface area contributed by atoms with Crippen molar-refractivity contribution in [2.24, 2.45) is 0 Å². The highest BCUT2D eigenvalue weighted by molar-refractivity contribution is 5.81. The molecule has 4 rings (SSSR count). The van der Waals surface area contributed by atoms with Gasteiger partial charge in [-0.1, -0.05) is 0 Å². The van der Waals surface area contributed by atoms with Crippen molar-refractivity contribution in [3.63, 3.8) is 0 Å². The molecular weight excluding hydrogens is 344 g/mol. The van der Waals surface area contributed by atoms with Crippen LogP contribution in [0.1, 0.15) is 24.5 Å². The Labute approximate surface area is 157 Å². The van der Waals surface area contributed by atoms with Gasteiger partial charge in [0.25, 0.3) is 0 Å². The first-order valence-corrected chi connectivity index (χ1v) is 9.08. The number of aliphatic hydroxyl groups excluding tert-OH is 1. The van der Waals surface area contributed by atoms with Gasteiger partial charge < -0.3 is 19.9 Å². The first kappa shape index (κ1) is 17.4. The van der Waals surface area contributed by atoms with Gasteiger partial charge in [-0.2, -0.15) is 5.10 Å². The summed E-state index contributed by atoms with van der Waals surface area (Å²) in [4.78, 5) is 4.13. The van der Waals surface area contributed by atoms with Gasteiger partial charge >= 0.3 is 0 Å². The fourth-order valence-electron chi connectivity index (χ4n) is 3.23. The zero-order valence-corrected chi connectivity index (χ0v) is 15.2. The number of benzene rings is 1. The number of hydrogen-bond donors (Lipinski definition) is 3. The summed E-state index contributed by atoms with van der Waals surface area (Å²) in [7, 11) is 0. The predicted octanol–water partition coefficient (Wildman–Crippen LogP) is 3.28. The Morgan fingerprint density at radius 1 is 1.26 bits per heavy atom. The Hall–Kier alpha value is -3.06. The number of aromatic nitrogens is 3. The molecule has 1 aliphatic rings. The van der Waals surface area contributed by atoms with Gasteiger partial charge in [0.15, 0.2) is 11.5 Å². The minimum Gasteiger partial charge on any atom is -0.490 e. The number of rotatable bonds is 8. The molecule has 3 aromatic rings. The lowest BCUT2D eigenvalue weighted by atomic mass is 10.1. The molecule has 7 nitrogen and oxygen atoms in total. The lowest BCUT2D eigenvalue weighted by molar-refractivity contribution is 0.225. The molecule has 0 spiro atoms. The molecule has 140 valence electrons. The third-order valence-electron chi connectivity index (χ3n) is 4.45. The summed E-state index contributed by atoms with van der Waals surface area (Å²) < 4.78 is 11.6. The van der Waals surface area contributed by atoms with Crippen molar-refractivity contribution < 1.29 is 14.6 Å². The van der Waals surface area contributed by atoms with Crippen LogP contribution in [0.15, 0.2) is 36.7 Å². The van der Waals surface area contributed by atoms with E-state index in [2.05, 4.69) is 20.5 Å². The van der Waals surface area contributed by atoms with E-state index in [0.717, 1.165) is 46.1 Å². The summed E-state index contributed by atoms with van der Waals surface area (Å²) >= 11 is 0. The average molecular weight is 366 g/mol. The fourth-order valence-corrected chi connectivity index (χ4v) is 3.23. The quantitative estimate of drug-likeness (QED) is 0.415. The molecule has 1 aliphatic carbocycles. The molecule has 0 saturated carbocycles. The third-order valence-corrected chi connectivity index (χ3v) is 4.45. The molecule has 7 heteroatoms. The number of hydrogen-bond acceptors (Lipinski definition) is 6. The van der Waals surface area contributed by atoms with Crippen molar-refractivity contribution in [3.8, 4) is 22.8 Å². The number of nitrogens with one attached hydrogen (secondary N) is 2. The van der Waals surface area contributed by atoms with Crippen molar-refractivity contribution in [1.82, 2.24) is 15.2 Å². The summed E-state index contributed by atoms with van der Waals surface area (Å²) in [6, 6.07) is 7.86. The van der Waals surface area contributed by atoms with E-state index in [1.807, 2.05) is 31.2 Å². The van der Waals surface area contributed by atoms with E-state index in [1.54, 1.807) is 12.4 Å². The topological polar surface area (TPSA) is 92.3 Å². The van der Waals surface area contributed by atoms with Gasteiger partial charge in [0.1, 0.15) is 5.82 Å². The van der Waals surface area contributed by atoms with Crippen LogP contribution < -0.4 is 14.8 Å². The van der Waals surface area contributed by atoms with E-state index < -0.39 is 0 Å². The van der Waals surface area contributed by atoms with Crippen molar-refractivity contribution >= 4 is 11.5 Å². The standard InChI is InChI=1S/C20H22N4O3/c1-2-26-17-10-13-9-16-19(15(13)11-18(17)27-8-4-7-25)23-24-20(16)22-14-5-3-6-21-12-14/h3,5-6,10-12,25H,2,4,7-9H2,1H3,(H2,22,23,24). The highest BCUT2D eigenvalue weighted by Crippen LogP contribution is 2.44. The van der Waals surface area contributed by atoms with Crippen LogP contribution >= 0.6 is 0 Å². The van der Waals surface area contributed by atoms with E-state index in [0.29, 0.717) is 25.4 Å². The molecule has 0 bridgehead atoms. The molecular formula is C20H22N4O3. The minimum atomic E-state index is 0.0990. The van der Waals surface area contributed by atoms with Gasteiger partial charge in [0, 0.05) is 36.8 Å². The second-order valence-electron chi connectivity index (χ2n) is 6.28. The Balaban J connectivity index is 1.64. The maximum atomic E-state index is 8.99. The van der Waals surface area contributed by atoms with E-state index in [9.17, 15) is 0 Å². The Kier molecular flexibility index (Phi) is 4.93. The molecule has 1 aromatic carbocycles. The number of ether oxygens (including phenoxy) is 2. The number of pyridine rings is 1. The van der Waals surface area contributed by atoms with Crippen LogP contribution in [0.2, 0.25) is 0 Å². The largest absolute Gasteiger partial charge is 0.490 e. The Morgan fingerprint density at radius 3 is 2.93 bits per heavy atom. The van der Waals surface area contributed by atoms with E-state index in [4.69, 9.17) is 14.6 Å². The van der Waals surface area contributed by atoms with Crippen LogP contribution in [0, 0.1) is 0 Å². The Morgan fingerprint density at radius 2 is 2.15 bits per heavy atom. The normalized spacial score (nSPS) is 11.8. The maximum Gasteiger partial charge on any atom is 0.161 e. The second-order valence-corrected chi connectivity index (χ2v) is 6.28. The average Bonchev–Trinajstić information content (AvgIpc) is 3.23. The molecule has 0 aliphatic heterocycles. The van der Waals surface area contributed by atoms with Gasteiger partial charge in [0.05, 0.1) is 30.8 Å². The van der Waals surface area contributed by atoms with Crippen molar-refractivity contribution in [1.29, 1.82) is 0 Å². The molecule has 27 heavy (non-hydrogen) atoms. The fraction of sp³-hybridized carbons (Fsp3) is 0.300. The molecule has 2 aromatic heterocycles. The molecule has 0 amide bonds. The van der Waals surface area contributed by atoms with Gasteiger partial charge in [0.2, 0.25) is 0 Å². The Bertz CT molecular complexity index is 924. The second kappa shape index (κ2) is 7.67. The van der Waals surface area contributed by atoms with Crippen LogP contribution in [0.25, 0.3) is 11.3 Å². The first-order valence-electron chi connectivity index (χ1n) is 9.08. The molecule has 0 unspecified atom stereocenters. The highest BCUT2D eigenvalue weighted by atomic mass is 16.5. The molecule has 0 saturated heterocycles. The van der Waals surface area contributed by atoms with Crippen LogP contribution in [0.4, 0.5) is 11.5 Å². The van der Waals surface area contributed by atoms with Crippen LogP contribution in [-0.4, -0.2) is 40.1 Å². The SMILES string of the molecule is CCOc1cc2c(cc1OCCCO)-c1n[nH]c(Nc3cccnc3)c1C2.